The zero-order valence-electron chi connectivity index (χ0n) is 37.5. The van der Waals surface area contributed by atoms with Gasteiger partial charge in [-0.05, 0) is 191 Å². The topological polar surface area (TPSA) is 13.1 Å². The predicted octanol–water partition coefficient (Wildman–Crippen LogP) is 19.5. The number of rotatable bonds is 4. The molecule has 0 amide bonds. The van der Waals surface area contributed by atoms with Gasteiger partial charge in [0.05, 0.1) is 0 Å². The molecule has 15 rings (SSSR count). The molecule has 0 bridgehead atoms. The summed E-state index contributed by atoms with van der Waals surface area (Å²) in [5.41, 5.74) is 11.4. The Morgan fingerprint density at radius 1 is 0.188 bits per heavy atom. The molecule has 1 heteroatoms. The number of hydrogen-bond donors (Lipinski definition) is 0. The van der Waals surface area contributed by atoms with Crippen LogP contribution in [-0.2, 0) is 0 Å². The standard InChI is InChI=1S/C68H40O/c1-3-11-55-41(9-1)17-27-53-37-63(57-13-5-7-15-61(57)67(53)55)51-25-23-43-33-45(19-21-47(43)35-51)49-29-31-59-60-32-30-50(40-66(60)69-65(59)39-49)46-20-22-48-36-52(26-24-44(48)34-46)64-38-54-28-18-42-10-2-4-12-56(42)68(54)62-16-8-6-14-58(62)64/h1-40H. The summed E-state index contributed by atoms with van der Waals surface area (Å²) in [6.07, 6.45) is 0. The number of hydrogen-bond acceptors (Lipinski definition) is 1. The summed E-state index contributed by atoms with van der Waals surface area (Å²) in [7, 11) is 0. The molecule has 0 N–H and O–H groups in total. The van der Waals surface area contributed by atoms with Crippen LogP contribution in [0.15, 0.2) is 247 Å². The minimum atomic E-state index is 0.895. The summed E-state index contributed by atoms with van der Waals surface area (Å²) in [6, 6.07) is 89.6. The van der Waals surface area contributed by atoms with Gasteiger partial charge >= 0.3 is 0 Å². The molecule has 0 aliphatic heterocycles. The van der Waals surface area contributed by atoms with Crippen LogP contribution in [0.3, 0.4) is 0 Å². The SMILES string of the molecule is c1ccc2c(c1)ccc1cc(-c3ccc4cc(-c5ccc6c(c5)oc5cc(-c7ccc8cc(-c9cc%10ccc%11ccccc%11c%10c%10ccccc9%10)ccc8c7)ccc56)ccc4c3)c3ccccc3c12. The van der Waals surface area contributed by atoms with Gasteiger partial charge < -0.3 is 4.42 Å². The molecule has 0 unspecified atom stereocenters. The van der Waals surface area contributed by atoms with Crippen molar-refractivity contribution in [3.8, 4) is 44.5 Å². The lowest BCUT2D eigenvalue weighted by molar-refractivity contribution is 0.669. The van der Waals surface area contributed by atoms with Crippen LogP contribution in [0, 0.1) is 0 Å². The van der Waals surface area contributed by atoms with Crippen LogP contribution < -0.4 is 0 Å². The zero-order chi connectivity index (χ0) is 45.2. The lowest BCUT2D eigenvalue weighted by atomic mass is 9.90. The molecule has 0 fully saturated rings. The van der Waals surface area contributed by atoms with Crippen molar-refractivity contribution >= 4 is 108 Å². The van der Waals surface area contributed by atoms with E-state index in [1.54, 1.807) is 0 Å². The third-order valence-electron chi connectivity index (χ3n) is 14.9. The summed E-state index contributed by atoms with van der Waals surface area (Å²) in [5.74, 6) is 0. The van der Waals surface area contributed by atoms with Crippen molar-refractivity contribution in [1.29, 1.82) is 0 Å². The molecular weight excluding hydrogens is 833 g/mol. The maximum absolute atomic E-state index is 6.66. The Balaban J connectivity index is 0.742. The van der Waals surface area contributed by atoms with E-state index in [2.05, 4.69) is 243 Å². The first-order valence-corrected chi connectivity index (χ1v) is 23.9. The number of benzene rings is 14. The van der Waals surface area contributed by atoms with Gasteiger partial charge in [-0.1, -0.05) is 182 Å². The Kier molecular flexibility index (Phi) is 8.13. The highest BCUT2D eigenvalue weighted by Crippen LogP contribution is 2.42. The molecule has 0 aliphatic carbocycles. The van der Waals surface area contributed by atoms with Gasteiger partial charge in [-0.15, -0.1) is 0 Å². The van der Waals surface area contributed by atoms with Crippen LogP contribution in [0.4, 0.5) is 0 Å². The van der Waals surface area contributed by atoms with Crippen molar-refractivity contribution in [3.05, 3.63) is 243 Å². The molecule has 14 aromatic carbocycles. The van der Waals surface area contributed by atoms with Gasteiger partial charge in [0.25, 0.3) is 0 Å². The third-order valence-corrected chi connectivity index (χ3v) is 14.9. The first kappa shape index (κ1) is 38.1. The summed E-state index contributed by atoms with van der Waals surface area (Å²) in [6.45, 7) is 0. The molecule has 69 heavy (non-hydrogen) atoms. The van der Waals surface area contributed by atoms with Gasteiger partial charge in [-0.3, -0.25) is 0 Å². The van der Waals surface area contributed by atoms with Crippen molar-refractivity contribution < 1.29 is 4.42 Å². The van der Waals surface area contributed by atoms with Crippen LogP contribution in [0.5, 0.6) is 0 Å². The summed E-state index contributed by atoms with van der Waals surface area (Å²) in [5, 5.41) is 22.5. The lowest BCUT2D eigenvalue weighted by Gasteiger charge is -2.14. The van der Waals surface area contributed by atoms with E-state index >= 15 is 0 Å². The largest absolute Gasteiger partial charge is 0.456 e. The normalized spacial score (nSPS) is 12.1. The highest BCUT2D eigenvalue weighted by molar-refractivity contribution is 6.25. The minimum absolute atomic E-state index is 0.895. The monoisotopic (exact) mass is 872 g/mol. The molecule has 318 valence electrons. The summed E-state index contributed by atoms with van der Waals surface area (Å²) >= 11 is 0. The van der Waals surface area contributed by atoms with Crippen molar-refractivity contribution in [2.24, 2.45) is 0 Å². The second kappa shape index (κ2) is 14.7. The molecule has 1 heterocycles. The smallest absolute Gasteiger partial charge is 0.136 e. The van der Waals surface area contributed by atoms with Crippen molar-refractivity contribution in [1.82, 2.24) is 0 Å². The Morgan fingerprint density at radius 3 is 0.957 bits per heavy atom. The molecular formula is C68H40O. The first-order valence-electron chi connectivity index (χ1n) is 23.9. The fourth-order valence-electron chi connectivity index (χ4n) is 11.6. The van der Waals surface area contributed by atoms with Crippen molar-refractivity contribution in [2.45, 2.75) is 0 Å². The molecule has 0 atom stereocenters. The molecule has 0 aliphatic rings. The molecule has 15 aromatic rings. The van der Waals surface area contributed by atoms with E-state index in [0.29, 0.717) is 0 Å². The molecule has 0 saturated carbocycles. The van der Waals surface area contributed by atoms with Crippen LogP contribution in [-0.4, -0.2) is 0 Å². The summed E-state index contributed by atoms with van der Waals surface area (Å²) in [4.78, 5) is 0. The molecule has 1 nitrogen and oxygen atoms in total. The lowest BCUT2D eigenvalue weighted by Crippen LogP contribution is -1.87. The number of furan rings is 1. The quantitative estimate of drug-likeness (QED) is 0.161. The molecule has 0 spiro atoms. The van der Waals surface area contributed by atoms with Gasteiger partial charge in [0, 0.05) is 10.8 Å². The predicted molar refractivity (Wildman–Crippen MR) is 296 cm³/mol. The van der Waals surface area contributed by atoms with Gasteiger partial charge in [0.2, 0.25) is 0 Å². The highest BCUT2D eigenvalue weighted by Gasteiger charge is 2.16. The van der Waals surface area contributed by atoms with Crippen LogP contribution in [0.1, 0.15) is 0 Å². The van der Waals surface area contributed by atoms with Gasteiger partial charge in [-0.25, -0.2) is 0 Å². The highest BCUT2D eigenvalue weighted by atomic mass is 16.3. The van der Waals surface area contributed by atoms with Gasteiger partial charge in [0.1, 0.15) is 11.2 Å². The second-order valence-corrected chi connectivity index (χ2v) is 18.8. The Hall–Kier alpha value is -9.04. The van der Waals surface area contributed by atoms with Crippen LogP contribution >= 0.6 is 0 Å². The van der Waals surface area contributed by atoms with Gasteiger partial charge in [0.15, 0.2) is 0 Å². The van der Waals surface area contributed by atoms with Crippen molar-refractivity contribution in [3.63, 3.8) is 0 Å². The fraction of sp³-hybridized carbons (Fsp3) is 0. The van der Waals surface area contributed by atoms with Gasteiger partial charge in [-0.2, -0.15) is 0 Å². The second-order valence-electron chi connectivity index (χ2n) is 18.8. The van der Waals surface area contributed by atoms with Crippen LogP contribution in [0.2, 0.25) is 0 Å². The van der Waals surface area contributed by atoms with E-state index < -0.39 is 0 Å². The van der Waals surface area contributed by atoms with E-state index in [1.807, 2.05) is 0 Å². The van der Waals surface area contributed by atoms with Crippen molar-refractivity contribution in [2.75, 3.05) is 0 Å². The first-order chi connectivity index (χ1) is 34.1. The fourth-order valence-corrected chi connectivity index (χ4v) is 11.6. The van der Waals surface area contributed by atoms with E-state index in [1.165, 1.54) is 120 Å². The molecule has 0 radical (unpaired) electrons. The maximum atomic E-state index is 6.66. The summed E-state index contributed by atoms with van der Waals surface area (Å²) < 4.78 is 6.66. The zero-order valence-corrected chi connectivity index (χ0v) is 37.5. The molecule has 1 aromatic heterocycles. The van der Waals surface area contributed by atoms with E-state index in [9.17, 15) is 0 Å². The average Bonchev–Trinajstić information content (AvgIpc) is 3.79. The van der Waals surface area contributed by atoms with E-state index in [0.717, 1.165) is 33.1 Å². The Bertz CT molecular complexity index is 4370. The maximum Gasteiger partial charge on any atom is 0.136 e. The Morgan fingerprint density at radius 2 is 0.507 bits per heavy atom. The number of fused-ring (bicyclic) bond motifs is 15. The van der Waals surface area contributed by atoms with E-state index in [4.69, 9.17) is 4.42 Å². The average molecular weight is 873 g/mol. The molecule has 0 saturated heterocycles. The third kappa shape index (κ3) is 5.97. The van der Waals surface area contributed by atoms with Crippen LogP contribution in [0.25, 0.3) is 153 Å². The Labute approximate surface area is 397 Å². The minimum Gasteiger partial charge on any atom is -0.456 e. The van der Waals surface area contributed by atoms with E-state index in [-0.39, 0.29) is 0 Å².